The lowest BCUT2D eigenvalue weighted by Crippen LogP contribution is -2.06. The Kier molecular flexibility index (Phi) is 4.81. The number of esters is 1. The van der Waals surface area contributed by atoms with Crippen LogP contribution in [0.1, 0.15) is 22.8 Å². The Balaban J connectivity index is 2.05. The lowest BCUT2D eigenvalue weighted by molar-refractivity contribution is 0.0521. The summed E-state index contributed by atoms with van der Waals surface area (Å²) in [6.07, 6.45) is 2.48. The molecule has 0 atom stereocenters. The zero-order valence-corrected chi connectivity index (χ0v) is 13.0. The number of hydrogen-bond acceptors (Lipinski definition) is 6. The molecule has 0 saturated heterocycles. The van der Waals surface area contributed by atoms with Gasteiger partial charge in [0.25, 0.3) is 0 Å². The first-order valence-corrected chi connectivity index (χ1v) is 8.43. The molecule has 1 N–H and O–H groups in total. The van der Waals surface area contributed by atoms with E-state index in [2.05, 4.69) is 10.2 Å². The van der Waals surface area contributed by atoms with Gasteiger partial charge in [-0.15, -0.1) is 0 Å². The largest absolute Gasteiger partial charge is 0.472 e. The minimum atomic E-state index is -3.22. The fourth-order valence-corrected chi connectivity index (χ4v) is 2.36. The first kappa shape index (κ1) is 16.0. The molecule has 2 rings (SSSR count). The van der Waals surface area contributed by atoms with Crippen molar-refractivity contribution in [1.29, 1.82) is 0 Å². The molecule has 0 fully saturated rings. The lowest BCUT2D eigenvalue weighted by Gasteiger charge is -2.07. The summed E-state index contributed by atoms with van der Waals surface area (Å²) in [5, 5.41) is 6.34. The second-order valence-electron chi connectivity index (χ2n) is 4.54. The Labute approximate surface area is 128 Å². The molecule has 0 radical (unpaired) electrons. The zero-order chi connectivity index (χ0) is 16.2. The van der Waals surface area contributed by atoms with Gasteiger partial charge in [-0.1, -0.05) is 12.1 Å². The quantitative estimate of drug-likeness (QED) is 0.810. The Bertz CT molecular complexity index is 750. The van der Waals surface area contributed by atoms with Crippen molar-refractivity contribution in [3.8, 4) is 5.88 Å². The Morgan fingerprint density at radius 3 is 2.55 bits per heavy atom. The average Bonchev–Trinajstić information content (AvgIpc) is 2.93. The molecular formula is C14H16N2O5S. The number of aromatic nitrogens is 2. The van der Waals surface area contributed by atoms with Crippen molar-refractivity contribution in [2.24, 2.45) is 0 Å². The molecule has 0 aliphatic rings. The van der Waals surface area contributed by atoms with Crippen molar-refractivity contribution >= 4 is 15.8 Å². The van der Waals surface area contributed by atoms with Crippen LogP contribution in [0.15, 0.2) is 35.4 Å². The molecule has 0 aliphatic heterocycles. The number of carbonyl (C=O) groups is 1. The predicted molar refractivity (Wildman–Crippen MR) is 78.4 cm³/mol. The molecule has 0 bridgehead atoms. The molecule has 7 nitrogen and oxygen atoms in total. The van der Waals surface area contributed by atoms with Crippen molar-refractivity contribution in [2.75, 3.05) is 12.9 Å². The fourth-order valence-electron chi connectivity index (χ4n) is 1.73. The van der Waals surface area contributed by atoms with E-state index in [1.807, 2.05) is 0 Å². The van der Waals surface area contributed by atoms with Gasteiger partial charge < -0.3 is 9.47 Å². The number of nitrogens with one attached hydrogen (secondary N) is 1. The van der Waals surface area contributed by atoms with Crippen LogP contribution in [0.3, 0.4) is 0 Å². The van der Waals surface area contributed by atoms with E-state index in [1.165, 1.54) is 18.3 Å². The molecule has 2 aromatic rings. The maximum Gasteiger partial charge on any atom is 0.345 e. The zero-order valence-electron chi connectivity index (χ0n) is 12.2. The first-order chi connectivity index (χ1) is 10.4. The van der Waals surface area contributed by atoms with Crippen molar-refractivity contribution in [3.63, 3.8) is 0 Å². The minimum absolute atomic E-state index is 0.165. The third-order valence-corrected chi connectivity index (χ3v) is 3.96. The van der Waals surface area contributed by atoms with Gasteiger partial charge in [0.05, 0.1) is 17.7 Å². The maximum atomic E-state index is 11.7. The van der Waals surface area contributed by atoms with Gasteiger partial charge in [0.15, 0.2) is 9.84 Å². The third-order valence-electron chi connectivity index (χ3n) is 2.83. The van der Waals surface area contributed by atoms with Crippen LogP contribution in [0.2, 0.25) is 0 Å². The molecule has 0 aliphatic carbocycles. The second-order valence-corrected chi connectivity index (χ2v) is 6.55. The number of nitrogens with zero attached hydrogens (tertiary/aromatic N) is 1. The molecule has 0 unspecified atom stereocenters. The predicted octanol–water partition coefficient (Wildman–Crippen LogP) is 1.57. The standard InChI is InChI=1S/C14H16N2O5S/c1-3-20-14(17)12-8-15-16-13(12)21-9-10-4-6-11(7-5-10)22(2,18)19/h4-8H,3,9H2,1-2H3,(H,15,16). The van der Waals surface area contributed by atoms with Crippen molar-refractivity contribution in [2.45, 2.75) is 18.4 Å². The summed E-state index contributed by atoms with van der Waals surface area (Å²) in [7, 11) is -3.22. The monoisotopic (exact) mass is 324 g/mol. The topological polar surface area (TPSA) is 98.3 Å². The van der Waals surface area contributed by atoms with Crippen molar-refractivity contribution in [3.05, 3.63) is 41.6 Å². The number of H-pyrrole nitrogens is 1. The number of ether oxygens (including phenoxy) is 2. The highest BCUT2D eigenvalue weighted by atomic mass is 32.2. The van der Waals surface area contributed by atoms with Gasteiger partial charge in [-0.2, -0.15) is 5.10 Å². The van der Waals surface area contributed by atoms with Crippen molar-refractivity contribution < 1.29 is 22.7 Å². The molecule has 22 heavy (non-hydrogen) atoms. The molecule has 0 amide bonds. The average molecular weight is 324 g/mol. The summed E-state index contributed by atoms with van der Waals surface area (Å²) in [5.74, 6) is -0.302. The van der Waals surface area contributed by atoms with E-state index in [9.17, 15) is 13.2 Å². The van der Waals surface area contributed by atoms with E-state index in [0.29, 0.717) is 0 Å². The van der Waals surface area contributed by atoms with Gasteiger partial charge in [0.2, 0.25) is 5.88 Å². The van der Waals surface area contributed by atoms with Gasteiger partial charge in [0, 0.05) is 6.26 Å². The molecule has 118 valence electrons. The summed E-state index contributed by atoms with van der Waals surface area (Å²) in [6, 6.07) is 6.31. The Hall–Kier alpha value is -2.35. The van der Waals surface area contributed by atoms with Gasteiger partial charge in [-0.25, -0.2) is 18.3 Å². The molecule has 8 heteroatoms. The normalized spacial score (nSPS) is 11.2. The van der Waals surface area contributed by atoms with Gasteiger partial charge in [0.1, 0.15) is 12.2 Å². The van der Waals surface area contributed by atoms with Crippen LogP contribution in [-0.4, -0.2) is 37.4 Å². The minimum Gasteiger partial charge on any atom is -0.472 e. The SMILES string of the molecule is CCOC(=O)c1cn[nH]c1OCc1ccc(S(C)(=O)=O)cc1. The Morgan fingerprint density at radius 2 is 1.95 bits per heavy atom. The van der Waals surface area contributed by atoms with E-state index in [1.54, 1.807) is 19.1 Å². The van der Waals surface area contributed by atoms with E-state index in [4.69, 9.17) is 9.47 Å². The Morgan fingerprint density at radius 1 is 1.27 bits per heavy atom. The van der Waals surface area contributed by atoms with Crippen LogP contribution >= 0.6 is 0 Å². The van der Waals surface area contributed by atoms with Crippen molar-refractivity contribution in [1.82, 2.24) is 10.2 Å². The third kappa shape index (κ3) is 3.85. The second kappa shape index (κ2) is 6.61. The maximum absolute atomic E-state index is 11.7. The number of hydrogen-bond donors (Lipinski definition) is 1. The highest BCUT2D eigenvalue weighted by Gasteiger charge is 2.16. The molecule has 0 saturated carbocycles. The number of rotatable bonds is 6. The summed E-state index contributed by atoms with van der Waals surface area (Å²) >= 11 is 0. The van der Waals surface area contributed by atoms with Crippen LogP contribution in [0.4, 0.5) is 0 Å². The van der Waals surface area contributed by atoms with Crippen LogP contribution in [0.25, 0.3) is 0 Å². The van der Waals surface area contributed by atoms with E-state index < -0.39 is 15.8 Å². The van der Waals surface area contributed by atoms with E-state index in [-0.39, 0.29) is 29.6 Å². The summed E-state index contributed by atoms with van der Waals surface area (Å²) in [5.41, 5.74) is 0.978. The van der Waals surface area contributed by atoms with E-state index >= 15 is 0 Å². The number of benzene rings is 1. The first-order valence-electron chi connectivity index (χ1n) is 6.54. The highest BCUT2D eigenvalue weighted by Crippen LogP contribution is 2.17. The molecule has 1 aromatic carbocycles. The number of sulfone groups is 1. The highest BCUT2D eigenvalue weighted by molar-refractivity contribution is 7.90. The van der Waals surface area contributed by atoms with Crippen LogP contribution in [0.5, 0.6) is 5.88 Å². The summed E-state index contributed by atoms with van der Waals surface area (Å²) in [6.45, 7) is 2.14. The molecule has 1 heterocycles. The van der Waals surface area contributed by atoms with Gasteiger partial charge in [-0.3, -0.25) is 0 Å². The van der Waals surface area contributed by atoms with Gasteiger partial charge in [-0.05, 0) is 24.6 Å². The molecular weight excluding hydrogens is 308 g/mol. The summed E-state index contributed by atoms with van der Waals surface area (Å²) < 4.78 is 33.1. The molecule has 0 spiro atoms. The van der Waals surface area contributed by atoms with Crippen LogP contribution in [-0.2, 0) is 21.2 Å². The van der Waals surface area contributed by atoms with Crippen LogP contribution < -0.4 is 4.74 Å². The summed E-state index contributed by atoms with van der Waals surface area (Å²) in [4.78, 5) is 11.9. The fraction of sp³-hybridized carbons (Fsp3) is 0.286. The molecule has 1 aromatic heterocycles. The van der Waals surface area contributed by atoms with Crippen LogP contribution in [0, 0.1) is 0 Å². The smallest absolute Gasteiger partial charge is 0.345 e. The lowest BCUT2D eigenvalue weighted by atomic mass is 10.2. The number of carbonyl (C=O) groups excluding carboxylic acids is 1. The van der Waals surface area contributed by atoms with Gasteiger partial charge >= 0.3 is 5.97 Å². The van der Waals surface area contributed by atoms with E-state index in [0.717, 1.165) is 11.8 Å². The number of aromatic amines is 1.